The number of alkyl halides is 1. The first-order valence-corrected chi connectivity index (χ1v) is 5.61. The lowest BCUT2D eigenvalue weighted by atomic mass is 9.95. The van der Waals surface area contributed by atoms with Crippen molar-refractivity contribution in [2.24, 2.45) is 0 Å². The average Bonchev–Trinajstić information content (AvgIpc) is 2.41. The normalized spacial score (nSPS) is 10.9. The summed E-state index contributed by atoms with van der Waals surface area (Å²) in [6.07, 6.45) is 1.44. The Balaban J connectivity index is 2.95. The van der Waals surface area contributed by atoms with Gasteiger partial charge in [0.25, 0.3) is 0 Å². The molecule has 0 amide bonds. The SMILES string of the molecule is Bc1c(N)c2c(N)ncnn2c1CI. The van der Waals surface area contributed by atoms with Crippen molar-refractivity contribution in [3.8, 4) is 0 Å². The largest absolute Gasteiger partial charge is 0.397 e. The van der Waals surface area contributed by atoms with E-state index in [1.54, 1.807) is 4.52 Å². The molecule has 2 aromatic heterocycles. The van der Waals surface area contributed by atoms with Crippen LogP contribution >= 0.6 is 22.6 Å². The topological polar surface area (TPSA) is 82.2 Å². The van der Waals surface area contributed by atoms with Crippen LogP contribution in [0.2, 0.25) is 0 Å². The van der Waals surface area contributed by atoms with Gasteiger partial charge in [-0.2, -0.15) is 5.10 Å². The summed E-state index contributed by atoms with van der Waals surface area (Å²) in [5.74, 6) is 0.428. The third-order valence-electron chi connectivity index (χ3n) is 2.29. The number of fused-ring (bicyclic) bond motifs is 1. The van der Waals surface area contributed by atoms with E-state index in [0.717, 1.165) is 21.1 Å². The van der Waals surface area contributed by atoms with Crippen LogP contribution in [0.15, 0.2) is 6.33 Å². The summed E-state index contributed by atoms with van der Waals surface area (Å²) in [6.45, 7) is 0. The number of halogens is 1. The lowest BCUT2D eigenvalue weighted by Crippen LogP contribution is -2.11. The molecule has 0 radical (unpaired) electrons. The fourth-order valence-electron chi connectivity index (χ4n) is 1.47. The number of aromatic nitrogens is 3. The van der Waals surface area contributed by atoms with Gasteiger partial charge in [0, 0.05) is 10.1 Å². The molecule has 0 bridgehead atoms. The second-order valence-corrected chi connectivity index (χ2v) is 3.79. The molecule has 2 aromatic rings. The van der Waals surface area contributed by atoms with Crippen LogP contribution in [0.3, 0.4) is 0 Å². The molecule has 7 heteroatoms. The smallest absolute Gasteiger partial charge is 0.153 e. The van der Waals surface area contributed by atoms with Crippen LogP contribution in [0.25, 0.3) is 5.52 Å². The number of rotatable bonds is 1. The summed E-state index contributed by atoms with van der Waals surface area (Å²) in [7, 11) is 1.97. The number of hydrogen-bond acceptors (Lipinski definition) is 4. The minimum atomic E-state index is 0.428. The predicted octanol–water partition coefficient (Wildman–Crippen LogP) is -0.913. The van der Waals surface area contributed by atoms with Crippen molar-refractivity contribution < 1.29 is 0 Å². The number of anilines is 2. The van der Waals surface area contributed by atoms with E-state index < -0.39 is 0 Å². The standard InChI is InChI=1S/C7H9BIN5/c8-4-3(1-9)14-6(5(4)10)7(11)12-2-13-14/h2H,1,8,10H2,(H2,11,12,13). The van der Waals surface area contributed by atoms with Crippen molar-refractivity contribution >= 4 is 52.9 Å². The molecule has 2 heterocycles. The van der Waals surface area contributed by atoms with E-state index in [-0.39, 0.29) is 0 Å². The minimum Gasteiger partial charge on any atom is -0.397 e. The number of nitrogens with zero attached hydrogens (tertiary/aromatic N) is 3. The van der Waals surface area contributed by atoms with Gasteiger partial charge in [-0.05, 0) is 5.46 Å². The van der Waals surface area contributed by atoms with E-state index in [9.17, 15) is 0 Å². The molecule has 0 fully saturated rings. The number of hydrogen-bond donors (Lipinski definition) is 2. The number of nitrogens with two attached hydrogens (primary N) is 2. The molecule has 0 spiro atoms. The Morgan fingerprint density at radius 3 is 2.86 bits per heavy atom. The zero-order valence-corrected chi connectivity index (χ0v) is 9.82. The van der Waals surface area contributed by atoms with Gasteiger partial charge in [0.05, 0.1) is 5.69 Å². The van der Waals surface area contributed by atoms with Crippen molar-refractivity contribution in [3.05, 3.63) is 12.0 Å². The average molecular weight is 301 g/mol. The van der Waals surface area contributed by atoms with Gasteiger partial charge in [-0.1, -0.05) is 22.6 Å². The van der Waals surface area contributed by atoms with Crippen LogP contribution in [0.5, 0.6) is 0 Å². The van der Waals surface area contributed by atoms with E-state index in [0.29, 0.717) is 11.5 Å². The molecule has 0 aliphatic rings. The maximum absolute atomic E-state index is 5.93. The van der Waals surface area contributed by atoms with Crippen LogP contribution < -0.4 is 16.9 Å². The van der Waals surface area contributed by atoms with Crippen LogP contribution in [0.4, 0.5) is 11.5 Å². The molecule has 0 unspecified atom stereocenters. The van der Waals surface area contributed by atoms with Crippen LogP contribution in [0.1, 0.15) is 5.69 Å². The summed E-state index contributed by atoms with van der Waals surface area (Å²) in [4.78, 5) is 3.92. The molecule has 0 saturated carbocycles. The quantitative estimate of drug-likeness (QED) is 0.406. The predicted molar refractivity (Wildman–Crippen MR) is 67.7 cm³/mol. The highest BCUT2D eigenvalue weighted by molar-refractivity contribution is 14.1. The Morgan fingerprint density at radius 1 is 1.50 bits per heavy atom. The zero-order valence-electron chi connectivity index (χ0n) is 7.66. The van der Waals surface area contributed by atoms with Crippen LogP contribution in [0, 0.1) is 0 Å². The van der Waals surface area contributed by atoms with Gasteiger partial charge in [0.15, 0.2) is 5.82 Å². The fraction of sp³-hybridized carbons (Fsp3) is 0.143. The molecule has 14 heavy (non-hydrogen) atoms. The maximum Gasteiger partial charge on any atom is 0.153 e. The first kappa shape index (κ1) is 9.57. The lowest BCUT2D eigenvalue weighted by molar-refractivity contribution is 0.877. The van der Waals surface area contributed by atoms with E-state index in [2.05, 4.69) is 32.7 Å². The fourth-order valence-corrected chi connectivity index (χ4v) is 2.37. The van der Waals surface area contributed by atoms with E-state index >= 15 is 0 Å². The Morgan fingerprint density at radius 2 is 2.21 bits per heavy atom. The van der Waals surface area contributed by atoms with E-state index in [1.807, 2.05) is 7.85 Å². The highest BCUT2D eigenvalue weighted by atomic mass is 127. The zero-order chi connectivity index (χ0) is 10.3. The van der Waals surface area contributed by atoms with Crippen molar-refractivity contribution in [1.29, 1.82) is 0 Å². The number of nitrogen functional groups attached to an aromatic ring is 2. The Hall–Kier alpha value is -0.985. The van der Waals surface area contributed by atoms with E-state index in [4.69, 9.17) is 11.5 Å². The highest BCUT2D eigenvalue weighted by Gasteiger charge is 2.14. The highest BCUT2D eigenvalue weighted by Crippen LogP contribution is 2.20. The summed E-state index contributed by atoms with van der Waals surface area (Å²) >= 11 is 2.27. The minimum absolute atomic E-state index is 0.428. The molecule has 2 rings (SSSR count). The Kier molecular flexibility index (Phi) is 2.26. The molecule has 0 aliphatic carbocycles. The maximum atomic E-state index is 5.93. The third kappa shape index (κ3) is 1.15. The first-order valence-electron chi connectivity index (χ1n) is 4.09. The summed E-state index contributed by atoms with van der Waals surface area (Å²) in [5, 5.41) is 4.14. The molecule has 0 aliphatic heterocycles. The molecule has 4 N–H and O–H groups in total. The van der Waals surface area contributed by atoms with Crippen LogP contribution in [-0.2, 0) is 4.43 Å². The van der Waals surface area contributed by atoms with Crippen molar-refractivity contribution in [2.75, 3.05) is 11.5 Å². The molecule has 72 valence electrons. The Bertz CT molecular complexity index is 494. The van der Waals surface area contributed by atoms with Gasteiger partial charge < -0.3 is 11.5 Å². The van der Waals surface area contributed by atoms with Crippen molar-refractivity contribution in [1.82, 2.24) is 14.6 Å². The van der Waals surface area contributed by atoms with Gasteiger partial charge in [0.2, 0.25) is 0 Å². The monoisotopic (exact) mass is 301 g/mol. The first-order chi connectivity index (χ1) is 6.66. The molecule has 0 atom stereocenters. The van der Waals surface area contributed by atoms with Gasteiger partial charge in [0.1, 0.15) is 19.7 Å². The second-order valence-electron chi connectivity index (χ2n) is 3.02. The molecule has 0 aromatic carbocycles. The molecular weight excluding hydrogens is 292 g/mol. The molecule has 0 saturated heterocycles. The molecule has 5 nitrogen and oxygen atoms in total. The second kappa shape index (κ2) is 3.30. The molecular formula is C7H9BIN5. The summed E-state index contributed by atoms with van der Waals surface area (Å²) in [5.41, 5.74) is 15.2. The Labute approximate surface area is 95.4 Å². The van der Waals surface area contributed by atoms with Gasteiger partial charge in [-0.25, -0.2) is 9.50 Å². The summed E-state index contributed by atoms with van der Waals surface area (Å²) in [6, 6.07) is 0. The van der Waals surface area contributed by atoms with Crippen molar-refractivity contribution in [2.45, 2.75) is 4.43 Å². The third-order valence-corrected chi connectivity index (χ3v) is 3.02. The lowest BCUT2D eigenvalue weighted by Gasteiger charge is -1.99. The van der Waals surface area contributed by atoms with Gasteiger partial charge >= 0.3 is 0 Å². The van der Waals surface area contributed by atoms with Gasteiger partial charge in [-0.3, -0.25) is 0 Å². The van der Waals surface area contributed by atoms with E-state index in [1.165, 1.54) is 6.33 Å². The summed E-state index contributed by atoms with van der Waals surface area (Å²) < 4.78 is 2.61. The van der Waals surface area contributed by atoms with Gasteiger partial charge in [-0.15, -0.1) is 0 Å². The van der Waals surface area contributed by atoms with Crippen LogP contribution in [-0.4, -0.2) is 22.4 Å². The van der Waals surface area contributed by atoms with Crippen molar-refractivity contribution in [3.63, 3.8) is 0 Å².